The quantitative estimate of drug-likeness (QED) is 0.811. The molecule has 0 saturated carbocycles. The maximum atomic E-state index is 11.8. The molecule has 1 heterocycles. The van der Waals surface area contributed by atoms with Crippen molar-refractivity contribution in [3.8, 4) is 0 Å². The Morgan fingerprint density at radius 2 is 1.95 bits per heavy atom. The fraction of sp³-hybridized carbons (Fsp3) is 0.500. The van der Waals surface area contributed by atoms with Crippen molar-refractivity contribution in [1.29, 1.82) is 0 Å². The largest absolute Gasteiger partial charge is 0.363 e. The first-order valence-electron chi connectivity index (χ1n) is 6.82. The highest BCUT2D eigenvalue weighted by atomic mass is 32.2. The van der Waals surface area contributed by atoms with Crippen LogP contribution in [0.1, 0.15) is 13.8 Å². The second-order valence-corrected chi connectivity index (χ2v) is 7.60. The molecule has 0 spiro atoms. The molecular weight excluding hydrogens is 292 g/mol. The van der Waals surface area contributed by atoms with E-state index in [4.69, 9.17) is 4.74 Å². The molecule has 1 saturated heterocycles. The summed E-state index contributed by atoms with van der Waals surface area (Å²) in [5, 5.41) is 5.77. The minimum atomic E-state index is -3.21. The van der Waals surface area contributed by atoms with Crippen molar-refractivity contribution in [2.45, 2.75) is 24.3 Å². The second-order valence-electron chi connectivity index (χ2n) is 5.32. The first-order chi connectivity index (χ1) is 9.85. The zero-order valence-electron chi connectivity index (χ0n) is 12.2. The number of carbonyl (C=O) groups is 1. The molecule has 1 amide bonds. The summed E-state index contributed by atoms with van der Waals surface area (Å²) in [5.41, 5.74) is 0.284. The lowest BCUT2D eigenvalue weighted by Gasteiger charge is -2.38. The molecule has 0 aliphatic carbocycles. The van der Waals surface area contributed by atoms with Crippen molar-refractivity contribution in [3.05, 3.63) is 24.3 Å². The lowest BCUT2D eigenvalue weighted by atomic mass is 10.0. The van der Waals surface area contributed by atoms with Crippen molar-refractivity contribution in [2.75, 3.05) is 30.8 Å². The van der Waals surface area contributed by atoms with E-state index >= 15 is 0 Å². The summed E-state index contributed by atoms with van der Waals surface area (Å²) in [6.45, 7) is 5.00. The number of anilines is 1. The molecule has 2 rings (SSSR count). The fourth-order valence-corrected chi connectivity index (χ4v) is 2.81. The zero-order valence-corrected chi connectivity index (χ0v) is 13.0. The average Bonchev–Trinajstić information content (AvgIpc) is 2.43. The third kappa shape index (κ3) is 4.03. The predicted molar refractivity (Wildman–Crippen MR) is 80.0 cm³/mol. The van der Waals surface area contributed by atoms with Crippen molar-refractivity contribution in [2.24, 2.45) is 0 Å². The van der Waals surface area contributed by atoms with Crippen molar-refractivity contribution in [1.82, 2.24) is 5.32 Å². The highest BCUT2D eigenvalue weighted by Crippen LogP contribution is 2.17. The van der Waals surface area contributed by atoms with Gasteiger partial charge in [0.25, 0.3) is 0 Å². The molecule has 1 aromatic carbocycles. The van der Waals surface area contributed by atoms with Crippen LogP contribution < -0.4 is 10.6 Å². The van der Waals surface area contributed by atoms with Crippen LogP contribution in [0, 0.1) is 0 Å². The van der Waals surface area contributed by atoms with Crippen LogP contribution in [-0.2, 0) is 19.4 Å². The first-order valence-corrected chi connectivity index (χ1v) is 8.47. The Hall–Kier alpha value is -1.44. The number of ether oxygens (including phenoxy) is 1. The number of benzene rings is 1. The normalized spacial score (nSPS) is 17.0. The summed E-state index contributed by atoms with van der Waals surface area (Å²) in [6, 6.07) is 6.14. The summed E-state index contributed by atoms with van der Waals surface area (Å²) < 4.78 is 28.9. The summed E-state index contributed by atoms with van der Waals surface area (Å²) in [5.74, 6) is -0.201. The van der Waals surface area contributed by atoms with E-state index in [2.05, 4.69) is 10.6 Å². The lowest BCUT2D eigenvalue weighted by molar-refractivity contribution is -0.130. The molecule has 1 aromatic rings. The Morgan fingerprint density at radius 1 is 1.33 bits per heavy atom. The van der Waals surface area contributed by atoms with Crippen LogP contribution in [0.5, 0.6) is 0 Å². The number of amides is 1. The Morgan fingerprint density at radius 3 is 2.43 bits per heavy atom. The van der Waals surface area contributed by atoms with E-state index in [1.807, 2.05) is 6.92 Å². The van der Waals surface area contributed by atoms with Gasteiger partial charge in [-0.1, -0.05) is 6.92 Å². The minimum Gasteiger partial charge on any atom is -0.363 e. The average molecular weight is 312 g/mol. The highest BCUT2D eigenvalue weighted by Gasteiger charge is 2.32. The van der Waals surface area contributed by atoms with Crippen LogP contribution >= 0.6 is 0 Å². The summed E-state index contributed by atoms with van der Waals surface area (Å²) in [4.78, 5) is 12.0. The first kappa shape index (κ1) is 15.9. The van der Waals surface area contributed by atoms with E-state index < -0.39 is 9.84 Å². The van der Waals surface area contributed by atoms with Crippen molar-refractivity contribution in [3.63, 3.8) is 0 Å². The minimum absolute atomic E-state index is 0.0206. The maximum Gasteiger partial charge on any atom is 0.250 e. The van der Waals surface area contributed by atoms with E-state index in [0.29, 0.717) is 5.69 Å². The van der Waals surface area contributed by atoms with E-state index in [9.17, 15) is 13.2 Å². The molecule has 1 fully saturated rings. The van der Waals surface area contributed by atoms with Gasteiger partial charge in [-0.15, -0.1) is 0 Å². The number of rotatable bonds is 6. The summed E-state index contributed by atoms with van der Waals surface area (Å²) in [7, 11) is -3.21. The highest BCUT2D eigenvalue weighted by molar-refractivity contribution is 7.91. The number of sulfone groups is 1. The molecule has 1 aliphatic rings. The van der Waals surface area contributed by atoms with Gasteiger partial charge in [-0.05, 0) is 31.2 Å². The van der Waals surface area contributed by atoms with Gasteiger partial charge < -0.3 is 15.4 Å². The molecule has 0 atom stereocenters. The summed E-state index contributed by atoms with van der Waals surface area (Å²) in [6.07, 6.45) is 0. The van der Waals surface area contributed by atoms with E-state index in [-0.39, 0.29) is 28.8 Å². The summed E-state index contributed by atoms with van der Waals surface area (Å²) >= 11 is 0. The van der Waals surface area contributed by atoms with Gasteiger partial charge in [0.15, 0.2) is 9.84 Å². The number of carbonyl (C=O) groups excluding carboxylic acids is 1. The number of nitrogens with one attached hydrogen (secondary N) is 2. The third-order valence-corrected chi connectivity index (χ3v) is 5.18. The van der Waals surface area contributed by atoms with E-state index in [0.717, 1.165) is 13.1 Å². The van der Waals surface area contributed by atoms with Crippen LogP contribution in [0.4, 0.5) is 5.69 Å². The molecule has 6 nitrogen and oxygen atoms in total. The van der Waals surface area contributed by atoms with Crippen LogP contribution in [0.15, 0.2) is 29.2 Å². The third-order valence-electron chi connectivity index (χ3n) is 3.43. The van der Waals surface area contributed by atoms with Gasteiger partial charge in [0.1, 0.15) is 6.61 Å². The molecule has 21 heavy (non-hydrogen) atoms. The molecule has 0 aromatic heterocycles. The smallest absolute Gasteiger partial charge is 0.250 e. The lowest BCUT2D eigenvalue weighted by Crippen LogP contribution is -2.59. The Labute approximate surface area is 124 Å². The molecule has 7 heteroatoms. The van der Waals surface area contributed by atoms with Gasteiger partial charge >= 0.3 is 0 Å². The predicted octanol–water partition coefficient (Wildman–Crippen LogP) is 0.797. The monoisotopic (exact) mass is 312 g/mol. The molecule has 0 unspecified atom stereocenters. The van der Waals surface area contributed by atoms with Gasteiger partial charge in [-0.2, -0.15) is 0 Å². The number of hydrogen-bond acceptors (Lipinski definition) is 5. The topological polar surface area (TPSA) is 84.5 Å². The van der Waals surface area contributed by atoms with Gasteiger partial charge in [0.2, 0.25) is 5.91 Å². The Balaban J connectivity index is 1.89. The van der Waals surface area contributed by atoms with Crippen LogP contribution in [0.2, 0.25) is 0 Å². The fourth-order valence-electron chi connectivity index (χ4n) is 1.93. The molecule has 116 valence electrons. The van der Waals surface area contributed by atoms with Gasteiger partial charge in [-0.25, -0.2) is 8.42 Å². The van der Waals surface area contributed by atoms with E-state index in [1.165, 1.54) is 12.1 Å². The molecule has 0 bridgehead atoms. The Kier molecular flexibility index (Phi) is 4.65. The van der Waals surface area contributed by atoms with Gasteiger partial charge in [0, 0.05) is 18.8 Å². The molecular formula is C14H20N2O4S. The van der Waals surface area contributed by atoms with Gasteiger partial charge in [0.05, 0.1) is 16.2 Å². The zero-order chi connectivity index (χ0) is 15.5. The second kappa shape index (κ2) is 6.13. The van der Waals surface area contributed by atoms with E-state index in [1.54, 1.807) is 19.1 Å². The van der Waals surface area contributed by atoms with Crippen molar-refractivity contribution < 1.29 is 17.9 Å². The number of hydrogen-bond donors (Lipinski definition) is 2. The van der Waals surface area contributed by atoms with Gasteiger partial charge in [-0.3, -0.25) is 4.79 Å². The van der Waals surface area contributed by atoms with Crippen molar-refractivity contribution >= 4 is 21.4 Å². The van der Waals surface area contributed by atoms with Crippen LogP contribution in [0.3, 0.4) is 0 Å². The maximum absolute atomic E-state index is 11.8. The standard InChI is InChI=1S/C14H20N2O4S/c1-3-21(18,19)12-6-4-11(5-7-12)16-13(17)8-20-14(2)9-15-10-14/h4-7,15H,3,8-10H2,1-2H3,(H,16,17). The molecule has 1 aliphatic heterocycles. The SMILES string of the molecule is CCS(=O)(=O)c1ccc(NC(=O)COC2(C)CNC2)cc1. The van der Waals surface area contributed by atoms with Crippen LogP contribution in [-0.4, -0.2) is 45.4 Å². The molecule has 0 radical (unpaired) electrons. The van der Waals surface area contributed by atoms with Crippen LogP contribution in [0.25, 0.3) is 0 Å². The molecule has 2 N–H and O–H groups in total. The Bertz CT molecular complexity index is 606.